The van der Waals surface area contributed by atoms with E-state index in [9.17, 15) is 4.79 Å². The Kier molecular flexibility index (Phi) is 5.68. The fraction of sp³-hybridized carbons (Fsp3) is 0.533. The summed E-state index contributed by atoms with van der Waals surface area (Å²) in [5.41, 5.74) is 0.585. The molecular formula is C15H22N2O4. The average Bonchev–Trinajstić information content (AvgIpc) is 2.54. The van der Waals surface area contributed by atoms with Crippen LogP contribution in [0.5, 0.6) is 11.5 Å². The van der Waals surface area contributed by atoms with Crippen LogP contribution in [0.15, 0.2) is 18.2 Å². The van der Waals surface area contributed by atoms with Crippen molar-refractivity contribution < 1.29 is 19.0 Å². The van der Waals surface area contributed by atoms with Crippen molar-refractivity contribution in [1.29, 1.82) is 0 Å². The molecule has 6 heteroatoms. The molecule has 1 saturated heterocycles. The molecule has 0 atom stereocenters. The number of amides is 2. The van der Waals surface area contributed by atoms with Crippen molar-refractivity contribution >= 4 is 11.7 Å². The van der Waals surface area contributed by atoms with Gasteiger partial charge in [0.15, 0.2) is 0 Å². The van der Waals surface area contributed by atoms with Crippen LogP contribution in [0.25, 0.3) is 0 Å². The maximum Gasteiger partial charge on any atom is 0.319 e. The lowest BCUT2D eigenvalue weighted by Crippen LogP contribution is -2.35. The van der Waals surface area contributed by atoms with Crippen LogP contribution in [0.4, 0.5) is 10.5 Å². The van der Waals surface area contributed by atoms with Gasteiger partial charge >= 0.3 is 6.03 Å². The van der Waals surface area contributed by atoms with Crippen molar-refractivity contribution in [2.45, 2.75) is 12.8 Å². The fourth-order valence-corrected chi connectivity index (χ4v) is 2.27. The molecule has 0 aliphatic carbocycles. The zero-order valence-corrected chi connectivity index (χ0v) is 12.5. The number of carbonyl (C=O) groups excluding carboxylic acids is 1. The van der Waals surface area contributed by atoms with Gasteiger partial charge in [-0.05, 0) is 30.9 Å². The Hall–Kier alpha value is -1.95. The standard InChI is InChI=1S/C15H22N2O4/c1-19-12-3-4-14(20-2)13(9-12)17-15(18)16-10-11-5-7-21-8-6-11/h3-4,9,11H,5-8,10H2,1-2H3,(H2,16,17,18). The highest BCUT2D eigenvalue weighted by Gasteiger charge is 2.15. The van der Waals surface area contributed by atoms with Crippen molar-refractivity contribution in [2.24, 2.45) is 5.92 Å². The third-order valence-electron chi connectivity index (χ3n) is 3.55. The zero-order valence-electron chi connectivity index (χ0n) is 12.5. The molecule has 0 aromatic heterocycles. The van der Waals surface area contributed by atoms with E-state index < -0.39 is 0 Å². The number of urea groups is 1. The number of hydrogen-bond acceptors (Lipinski definition) is 4. The number of benzene rings is 1. The van der Waals surface area contributed by atoms with Gasteiger partial charge in [-0.2, -0.15) is 0 Å². The van der Waals surface area contributed by atoms with Crippen molar-refractivity contribution in [3.05, 3.63) is 18.2 Å². The summed E-state index contributed by atoms with van der Waals surface area (Å²) in [5.74, 6) is 1.74. The minimum Gasteiger partial charge on any atom is -0.497 e. The van der Waals surface area contributed by atoms with E-state index in [4.69, 9.17) is 14.2 Å². The first kappa shape index (κ1) is 15.4. The lowest BCUT2D eigenvalue weighted by Gasteiger charge is -2.22. The molecule has 21 heavy (non-hydrogen) atoms. The Morgan fingerprint density at radius 2 is 2.05 bits per heavy atom. The monoisotopic (exact) mass is 294 g/mol. The summed E-state index contributed by atoms with van der Waals surface area (Å²) in [6, 6.07) is 5.03. The smallest absolute Gasteiger partial charge is 0.319 e. The van der Waals surface area contributed by atoms with Gasteiger partial charge in [0, 0.05) is 25.8 Å². The number of nitrogens with one attached hydrogen (secondary N) is 2. The van der Waals surface area contributed by atoms with Crippen LogP contribution < -0.4 is 20.1 Å². The molecular weight excluding hydrogens is 272 g/mol. The van der Waals surface area contributed by atoms with Gasteiger partial charge in [0.25, 0.3) is 0 Å². The quantitative estimate of drug-likeness (QED) is 0.874. The molecule has 116 valence electrons. The molecule has 0 radical (unpaired) electrons. The Balaban J connectivity index is 1.89. The normalized spacial score (nSPS) is 15.3. The van der Waals surface area contributed by atoms with Gasteiger partial charge in [-0.25, -0.2) is 4.79 Å². The van der Waals surface area contributed by atoms with Crippen LogP contribution >= 0.6 is 0 Å². The molecule has 1 aliphatic rings. The third kappa shape index (κ3) is 4.53. The van der Waals surface area contributed by atoms with Crippen molar-refractivity contribution in [3.63, 3.8) is 0 Å². The van der Waals surface area contributed by atoms with Crippen LogP contribution in [-0.4, -0.2) is 40.0 Å². The van der Waals surface area contributed by atoms with Crippen LogP contribution in [-0.2, 0) is 4.74 Å². The first-order chi connectivity index (χ1) is 10.2. The number of hydrogen-bond donors (Lipinski definition) is 2. The van der Waals surface area contributed by atoms with E-state index in [1.165, 1.54) is 0 Å². The van der Waals surface area contributed by atoms with Crippen molar-refractivity contribution in [3.8, 4) is 11.5 Å². The van der Waals surface area contributed by atoms with Crippen LogP contribution in [0.1, 0.15) is 12.8 Å². The summed E-state index contributed by atoms with van der Waals surface area (Å²) in [4.78, 5) is 12.0. The van der Waals surface area contributed by atoms with Crippen LogP contribution in [0.2, 0.25) is 0 Å². The summed E-state index contributed by atoms with van der Waals surface area (Å²) >= 11 is 0. The van der Waals surface area contributed by atoms with Crippen LogP contribution in [0, 0.1) is 5.92 Å². The minimum absolute atomic E-state index is 0.243. The van der Waals surface area contributed by atoms with Gasteiger partial charge in [-0.15, -0.1) is 0 Å². The Labute approximate surface area is 124 Å². The summed E-state index contributed by atoms with van der Waals surface area (Å²) in [6.07, 6.45) is 1.98. The molecule has 2 amide bonds. The van der Waals surface area contributed by atoms with E-state index in [1.54, 1.807) is 32.4 Å². The molecule has 0 saturated carbocycles. The Morgan fingerprint density at radius 1 is 1.29 bits per heavy atom. The van der Waals surface area contributed by atoms with Crippen molar-refractivity contribution in [1.82, 2.24) is 5.32 Å². The first-order valence-corrected chi connectivity index (χ1v) is 7.07. The fourth-order valence-electron chi connectivity index (χ4n) is 2.27. The van der Waals surface area contributed by atoms with E-state index in [-0.39, 0.29) is 6.03 Å². The Morgan fingerprint density at radius 3 is 2.71 bits per heavy atom. The minimum atomic E-state index is -0.243. The molecule has 2 rings (SSSR count). The van der Waals surface area contributed by atoms with Gasteiger partial charge in [0.1, 0.15) is 11.5 Å². The zero-order chi connectivity index (χ0) is 15.1. The highest BCUT2D eigenvalue weighted by atomic mass is 16.5. The topological polar surface area (TPSA) is 68.8 Å². The van der Waals surface area contributed by atoms with E-state index in [2.05, 4.69) is 10.6 Å². The highest BCUT2D eigenvalue weighted by molar-refractivity contribution is 5.91. The molecule has 1 aromatic rings. The number of methoxy groups -OCH3 is 2. The van der Waals surface area contributed by atoms with E-state index in [0.29, 0.717) is 29.6 Å². The summed E-state index contributed by atoms with van der Waals surface area (Å²) in [5, 5.41) is 5.68. The molecule has 6 nitrogen and oxygen atoms in total. The predicted molar refractivity (Wildman–Crippen MR) is 80.1 cm³/mol. The second-order valence-corrected chi connectivity index (χ2v) is 4.96. The number of anilines is 1. The lowest BCUT2D eigenvalue weighted by atomic mass is 10.0. The molecule has 0 bridgehead atoms. The number of rotatable bonds is 5. The summed E-state index contributed by atoms with van der Waals surface area (Å²) in [6.45, 7) is 2.21. The molecule has 1 aliphatic heterocycles. The average molecular weight is 294 g/mol. The van der Waals surface area contributed by atoms with Gasteiger partial charge < -0.3 is 24.8 Å². The molecule has 1 aromatic carbocycles. The SMILES string of the molecule is COc1ccc(OC)c(NC(=O)NCC2CCOCC2)c1. The predicted octanol–water partition coefficient (Wildman–Crippen LogP) is 2.25. The van der Waals surface area contributed by atoms with E-state index in [0.717, 1.165) is 26.1 Å². The lowest BCUT2D eigenvalue weighted by molar-refractivity contribution is 0.0671. The van der Waals surface area contributed by atoms with E-state index >= 15 is 0 Å². The first-order valence-electron chi connectivity index (χ1n) is 7.07. The maximum atomic E-state index is 12.0. The maximum absolute atomic E-state index is 12.0. The van der Waals surface area contributed by atoms with E-state index in [1.807, 2.05) is 0 Å². The molecule has 2 N–H and O–H groups in total. The van der Waals surface area contributed by atoms with Gasteiger partial charge in [0.2, 0.25) is 0 Å². The largest absolute Gasteiger partial charge is 0.497 e. The number of carbonyl (C=O) groups is 1. The Bertz CT molecular complexity index is 473. The van der Waals surface area contributed by atoms with Gasteiger partial charge in [-0.3, -0.25) is 0 Å². The van der Waals surface area contributed by atoms with Crippen LogP contribution in [0.3, 0.4) is 0 Å². The molecule has 1 fully saturated rings. The second kappa shape index (κ2) is 7.73. The third-order valence-corrected chi connectivity index (χ3v) is 3.55. The summed E-state index contributed by atoms with van der Waals surface area (Å²) < 4.78 is 15.7. The highest BCUT2D eigenvalue weighted by Crippen LogP contribution is 2.28. The number of ether oxygens (including phenoxy) is 3. The van der Waals surface area contributed by atoms with Gasteiger partial charge in [-0.1, -0.05) is 0 Å². The second-order valence-electron chi connectivity index (χ2n) is 4.96. The summed E-state index contributed by atoms with van der Waals surface area (Å²) in [7, 11) is 3.14. The molecule has 0 spiro atoms. The molecule has 0 unspecified atom stereocenters. The van der Waals surface area contributed by atoms with Crippen molar-refractivity contribution in [2.75, 3.05) is 39.3 Å². The molecule has 1 heterocycles. The van der Waals surface area contributed by atoms with Gasteiger partial charge in [0.05, 0.1) is 19.9 Å².